The SMILES string of the molecule is CCn1ncc(Br)c1C1CCCC1CNCC(C)C. The number of halogens is 1. The maximum Gasteiger partial charge on any atom is 0.0635 e. The van der Waals surface area contributed by atoms with E-state index in [1.54, 1.807) is 0 Å². The molecule has 3 nitrogen and oxygen atoms in total. The van der Waals surface area contributed by atoms with E-state index in [4.69, 9.17) is 0 Å². The summed E-state index contributed by atoms with van der Waals surface area (Å²) in [6.07, 6.45) is 5.95. The van der Waals surface area contributed by atoms with E-state index in [9.17, 15) is 0 Å². The molecule has 2 unspecified atom stereocenters. The van der Waals surface area contributed by atoms with Gasteiger partial charge < -0.3 is 5.32 Å². The minimum atomic E-state index is 0.663. The molecule has 2 rings (SSSR count). The predicted molar refractivity (Wildman–Crippen MR) is 83.4 cm³/mol. The molecule has 0 aromatic carbocycles. The second kappa shape index (κ2) is 6.89. The molecule has 19 heavy (non-hydrogen) atoms. The van der Waals surface area contributed by atoms with E-state index in [0.29, 0.717) is 5.92 Å². The summed E-state index contributed by atoms with van der Waals surface area (Å²) in [7, 11) is 0. The van der Waals surface area contributed by atoms with E-state index in [0.717, 1.165) is 31.5 Å². The summed E-state index contributed by atoms with van der Waals surface area (Å²) in [5, 5.41) is 8.10. The second-order valence-corrected chi connectivity index (χ2v) is 6.90. The Labute approximate surface area is 125 Å². The lowest BCUT2D eigenvalue weighted by atomic mass is 9.92. The van der Waals surface area contributed by atoms with Crippen LogP contribution in [0, 0.1) is 11.8 Å². The van der Waals surface area contributed by atoms with E-state index >= 15 is 0 Å². The van der Waals surface area contributed by atoms with Crippen molar-refractivity contribution in [1.82, 2.24) is 15.1 Å². The highest BCUT2D eigenvalue weighted by Crippen LogP contribution is 2.41. The van der Waals surface area contributed by atoms with Crippen LogP contribution in [0.15, 0.2) is 10.7 Å². The van der Waals surface area contributed by atoms with Gasteiger partial charge in [0.05, 0.1) is 16.4 Å². The largest absolute Gasteiger partial charge is 0.316 e. The fourth-order valence-electron chi connectivity index (χ4n) is 3.19. The van der Waals surface area contributed by atoms with Gasteiger partial charge in [-0.25, -0.2) is 0 Å². The average molecular weight is 328 g/mol. The monoisotopic (exact) mass is 327 g/mol. The lowest BCUT2D eigenvalue weighted by molar-refractivity contribution is 0.407. The van der Waals surface area contributed by atoms with Crippen LogP contribution in [-0.2, 0) is 6.54 Å². The Morgan fingerprint density at radius 1 is 1.47 bits per heavy atom. The number of aromatic nitrogens is 2. The minimum absolute atomic E-state index is 0.663. The molecular formula is C15H26BrN3. The van der Waals surface area contributed by atoms with Crippen molar-refractivity contribution in [1.29, 1.82) is 0 Å². The molecule has 1 N–H and O–H groups in total. The molecule has 2 atom stereocenters. The average Bonchev–Trinajstić information content (AvgIpc) is 2.94. The summed E-state index contributed by atoms with van der Waals surface area (Å²) in [4.78, 5) is 0. The van der Waals surface area contributed by atoms with Crippen LogP contribution >= 0.6 is 15.9 Å². The molecule has 1 saturated carbocycles. The topological polar surface area (TPSA) is 29.9 Å². The lowest BCUT2D eigenvalue weighted by Gasteiger charge is -2.22. The van der Waals surface area contributed by atoms with Crippen molar-refractivity contribution in [3.63, 3.8) is 0 Å². The highest BCUT2D eigenvalue weighted by Gasteiger charge is 2.32. The minimum Gasteiger partial charge on any atom is -0.316 e. The molecule has 0 bridgehead atoms. The van der Waals surface area contributed by atoms with Gasteiger partial charge in [-0.3, -0.25) is 4.68 Å². The smallest absolute Gasteiger partial charge is 0.0635 e. The van der Waals surface area contributed by atoms with Crippen molar-refractivity contribution in [2.24, 2.45) is 11.8 Å². The number of rotatable bonds is 6. The molecule has 1 aromatic rings. The van der Waals surface area contributed by atoms with E-state index in [-0.39, 0.29) is 0 Å². The highest BCUT2D eigenvalue weighted by atomic mass is 79.9. The molecule has 0 saturated heterocycles. The van der Waals surface area contributed by atoms with Crippen LogP contribution in [0.1, 0.15) is 51.6 Å². The van der Waals surface area contributed by atoms with Gasteiger partial charge in [-0.2, -0.15) is 5.10 Å². The summed E-state index contributed by atoms with van der Waals surface area (Å²) in [6, 6.07) is 0. The Hall–Kier alpha value is -0.350. The summed E-state index contributed by atoms with van der Waals surface area (Å²) < 4.78 is 3.35. The van der Waals surface area contributed by atoms with Crippen molar-refractivity contribution in [2.45, 2.75) is 52.5 Å². The molecule has 0 amide bonds. The van der Waals surface area contributed by atoms with E-state index < -0.39 is 0 Å². The van der Waals surface area contributed by atoms with Gasteiger partial charge in [0.2, 0.25) is 0 Å². The molecule has 1 aromatic heterocycles. The molecule has 1 aliphatic carbocycles. The van der Waals surface area contributed by atoms with Gasteiger partial charge in [0, 0.05) is 12.5 Å². The van der Waals surface area contributed by atoms with Gasteiger partial charge >= 0.3 is 0 Å². The van der Waals surface area contributed by atoms with Gasteiger partial charge in [0.1, 0.15) is 0 Å². The number of nitrogens with one attached hydrogen (secondary N) is 1. The Bertz CT molecular complexity index is 400. The van der Waals surface area contributed by atoms with E-state index in [2.05, 4.69) is 51.8 Å². The zero-order valence-corrected chi connectivity index (χ0v) is 13.9. The first-order chi connectivity index (χ1) is 9.13. The van der Waals surface area contributed by atoms with Gasteiger partial charge in [-0.15, -0.1) is 0 Å². The number of hydrogen-bond donors (Lipinski definition) is 1. The quantitative estimate of drug-likeness (QED) is 0.861. The van der Waals surface area contributed by atoms with Gasteiger partial charge in [-0.1, -0.05) is 20.3 Å². The third-order valence-electron chi connectivity index (χ3n) is 4.10. The Balaban J connectivity index is 2.03. The molecule has 0 aliphatic heterocycles. The molecule has 1 fully saturated rings. The van der Waals surface area contributed by atoms with Crippen LogP contribution in [0.3, 0.4) is 0 Å². The first-order valence-electron chi connectivity index (χ1n) is 7.55. The fraction of sp³-hybridized carbons (Fsp3) is 0.800. The molecule has 1 aliphatic rings. The summed E-state index contributed by atoms with van der Waals surface area (Å²) in [6.45, 7) is 9.93. The Kier molecular flexibility index (Phi) is 5.46. The number of nitrogens with zero attached hydrogens (tertiary/aromatic N) is 2. The van der Waals surface area contributed by atoms with Crippen molar-refractivity contribution >= 4 is 15.9 Å². The summed E-state index contributed by atoms with van der Waals surface area (Å²) in [5.41, 5.74) is 1.41. The number of hydrogen-bond acceptors (Lipinski definition) is 2. The van der Waals surface area contributed by atoms with Crippen LogP contribution in [0.4, 0.5) is 0 Å². The zero-order chi connectivity index (χ0) is 13.8. The third kappa shape index (κ3) is 3.60. The fourth-order valence-corrected chi connectivity index (χ4v) is 3.78. The van der Waals surface area contributed by atoms with Crippen molar-refractivity contribution in [2.75, 3.05) is 13.1 Å². The van der Waals surface area contributed by atoms with Gasteiger partial charge in [0.25, 0.3) is 0 Å². The predicted octanol–water partition coefficient (Wildman–Crippen LogP) is 3.79. The van der Waals surface area contributed by atoms with Crippen LogP contribution in [0.5, 0.6) is 0 Å². The van der Waals surface area contributed by atoms with E-state index in [1.165, 1.54) is 29.4 Å². The van der Waals surface area contributed by atoms with Gasteiger partial charge in [-0.05, 0) is 60.6 Å². The third-order valence-corrected chi connectivity index (χ3v) is 4.71. The normalized spacial score (nSPS) is 23.4. The van der Waals surface area contributed by atoms with Gasteiger partial charge in [0.15, 0.2) is 0 Å². The first-order valence-corrected chi connectivity index (χ1v) is 8.34. The Morgan fingerprint density at radius 3 is 2.95 bits per heavy atom. The van der Waals surface area contributed by atoms with Crippen molar-refractivity contribution in [3.05, 3.63) is 16.4 Å². The molecule has 4 heteroatoms. The highest BCUT2D eigenvalue weighted by molar-refractivity contribution is 9.10. The summed E-state index contributed by atoms with van der Waals surface area (Å²) in [5.74, 6) is 2.15. The van der Waals surface area contributed by atoms with Crippen LogP contribution in [0.25, 0.3) is 0 Å². The van der Waals surface area contributed by atoms with Crippen LogP contribution in [-0.4, -0.2) is 22.9 Å². The van der Waals surface area contributed by atoms with Crippen molar-refractivity contribution in [3.8, 4) is 0 Å². The molecule has 0 spiro atoms. The molecular weight excluding hydrogens is 302 g/mol. The van der Waals surface area contributed by atoms with Crippen LogP contribution in [0.2, 0.25) is 0 Å². The molecule has 0 radical (unpaired) electrons. The Morgan fingerprint density at radius 2 is 2.26 bits per heavy atom. The lowest BCUT2D eigenvalue weighted by Crippen LogP contribution is -2.28. The first kappa shape index (κ1) is 15.0. The zero-order valence-electron chi connectivity index (χ0n) is 12.3. The number of aryl methyl sites for hydroxylation is 1. The molecule has 1 heterocycles. The van der Waals surface area contributed by atoms with Crippen LogP contribution < -0.4 is 5.32 Å². The maximum absolute atomic E-state index is 4.47. The standard InChI is InChI=1S/C15H26BrN3/c1-4-19-15(14(16)10-18-19)13-7-5-6-12(13)9-17-8-11(2)3/h10-13,17H,4-9H2,1-3H3. The second-order valence-electron chi connectivity index (χ2n) is 6.04. The molecule has 108 valence electrons. The van der Waals surface area contributed by atoms with Crippen molar-refractivity contribution < 1.29 is 0 Å². The van der Waals surface area contributed by atoms with E-state index in [1.807, 2.05) is 6.20 Å². The summed E-state index contributed by atoms with van der Waals surface area (Å²) >= 11 is 3.68. The maximum atomic E-state index is 4.47.